The van der Waals surface area contributed by atoms with E-state index in [0.29, 0.717) is 32.3 Å². The second-order valence-electron chi connectivity index (χ2n) is 9.96. The minimum absolute atomic E-state index is 0.0724. The molecule has 0 saturated carbocycles. The number of carbonyl (C=O) groups excluding carboxylic acids is 2. The first-order chi connectivity index (χ1) is 16.8. The van der Waals surface area contributed by atoms with Crippen molar-refractivity contribution in [2.45, 2.75) is 114 Å². The number of ether oxygens (including phenoxy) is 5. The maximum Gasteiger partial charge on any atom is 0.308 e. The molecule has 1 aliphatic carbocycles. The molecule has 8 heteroatoms. The normalized spacial score (nSPS) is 27.6. The van der Waals surface area contributed by atoms with Crippen molar-refractivity contribution < 1.29 is 38.4 Å². The molecule has 0 amide bonds. The summed E-state index contributed by atoms with van der Waals surface area (Å²) in [7, 11) is 2.85. The Morgan fingerprint density at radius 2 is 1.66 bits per heavy atom. The molecule has 0 bridgehead atoms. The fourth-order valence-electron chi connectivity index (χ4n) is 5.24. The third-order valence-corrected chi connectivity index (χ3v) is 7.03. The molecule has 8 nitrogen and oxygen atoms in total. The third-order valence-electron chi connectivity index (χ3n) is 7.03. The SMILES string of the molecule is CCCCCCCCCCOC(=O)CC1CC(O)C[C@]2(CCC3(C=C(OC)C(=O)C(OC)=C3)O2)O1. The van der Waals surface area contributed by atoms with E-state index in [0.717, 1.165) is 12.8 Å². The number of hydrogen-bond donors (Lipinski definition) is 1. The van der Waals surface area contributed by atoms with Gasteiger partial charge in [-0.05, 0) is 25.0 Å². The molecule has 0 aromatic carbocycles. The number of esters is 1. The first kappa shape index (κ1) is 27.7. The summed E-state index contributed by atoms with van der Waals surface area (Å²) in [5.41, 5.74) is -0.927. The van der Waals surface area contributed by atoms with Crippen LogP contribution in [0.15, 0.2) is 23.7 Å². The standard InChI is InChI=1S/C27H42O8/c1-4-5-6-7-8-9-10-11-14-33-24(29)16-21-15-20(28)17-27(34-21)13-12-26(35-27)18-22(31-2)25(30)23(19-26)32-3/h18-21,28H,4-17H2,1-3H3/t20?,21?,27-/m1/s1. The molecule has 2 aliphatic heterocycles. The van der Waals surface area contributed by atoms with Crippen LogP contribution in [0.1, 0.15) is 90.4 Å². The van der Waals surface area contributed by atoms with E-state index in [1.165, 1.54) is 52.7 Å². The smallest absolute Gasteiger partial charge is 0.308 e. The Morgan fingerprint density at radius 3 is 2.29 bits per heavy atom. The average Bonchev–Trinajstić information content (AvgIpc) is 3.14. The summed E-state index contributed by atoms with van der Waals surface area (Å²) in [6.07, 6.45) is 13.3. The van der Waals surface area contributed by atoms with Crippen LogP contribution in [0.4, 0.5) is 0 Å². The topological polar surface area (TPSA) is 101 Å². The molecule has 1 N–H and O–H groups in total. The van der Waals surface area contributed by atoms with E-state index in [4.69, 9.17) is 23.7 Å². The Kier molecular flexibility index (Phi) is 10.2. The Labute approximate surface area is 209 Å². The van der Waals surface area contributed by atoms with Gasteiger partial charge in [-0.15, -0.1) is 0 Å². The number of rotatable bonds is 13. The number of methoxy groups -OCH3 is 2. The minimum atomic E-state index is -1.05. The zero-order valence-electron chi connectivity index (χ0n) is 21.5. The highest BCUT2D eigenvalue weighted by Crippen LogP contribution is 2.48. The molecule has 2 fully saturated rings. The Morgan fingerprint density at radius 1 is 1.03 bits per heavy atom. The van der Waals surface area contributed by atoms with Gasteiger partial charge in [0.1, 0.15) is 5.60 Å². The molecule has 2 spiro atoms. The van der Waals surface area contributed by atoms with Crippen molar-refractivity contribution in [3.63, 3.8) is 0 Å². The van der Waals surface area contributed by atoms with Crippen molar-refractivity contribution in [2.24, 2.45) is 0 Å². The van der Waals surface area contributed by atoms with E-state index in [1.807, 2.05) is 0 Å². The maximum atomic E-state index is 12.4. The minimum Gasteiger partial charge on any atom is -0.493 e. The monoisotopic (exact) mass is 494 g/mol. The number of Topliss-reactive ketones (excluding diaryl/α,β-unsaturated/α-hetero) is 1. The maximum absolute atomic E-state index is 12.4. The van der Waals surface area contributed by atoms with Crippen LogP contribution in [0, 0.1) is 0 Å². The molecule has 2 heterocycles. The fourth-order valence-corrected chi connectivity index (χ4v) is 5.24. The second kappa shape index (κ2) is 12.9. The summed E-state index contributed by atoms with van der Waals surface area (Å²) >= 11 is 0. The average molecular weight is 495 g/mol. The molecular weight excluding hydrogens is 452 g/mol. The number of ketones is 1. The van der Waals surface area contributed by atoms with E-state index >= 15 is 0 Å². The van der Waals surface area contributed by atoms with Crippen LogP contribution in [-0.2, 0) is 33.3 Å². The highest BCUT2D eigenvalue weighted by atomic mass is 16.7. The van der Waals surface area contributed by atoms with Crippen molar-refractivity contribution in [2.75, 3.05) is 20.8 Å². The van der Waals surface area contributed by atoms with E-state index in [1.54, 1.807) is 12.2 Å². The lowest BCUT2D eigenvalue weighted by molar-refractivity contribution is -0.291. The molecule has 2 saturated heterocycles. The predicted octanol–water partition coefficient (Wildman–Crippen LogP) is 4.49. The molecule has 0 radical (unpaired) electrons. The van der Waals surface area contributed by atoms with Crippen LogP contribution >= 0.6 is 0 Å². The number of carbonyl (C=O) groups is 2. The van der Waals surface area contributed by atoms with Gasteiger partial charge in [0.15, 0.2) is 17.3 Å². The van der Waals surface area contributed by atoms with Gasteiger partial charge in [-0.3, -0.25) is 9.59 Å². The van der Waals surface area contributed by atoms with Crippen molar-refractivity contribution >= 4 is 11.8 Å². The molecule has 3 atom stereocenters. The lowest BCUT2D eigenvalue weighted by Gasteiger charge is -2.41. The quantitative estimate of drug-likeness (QED) is 0.295. The summed E-state index contributed by atoms with van der Waals surface area (Å²) in [5.74, 6) is -1.41. The molecule has 35 heavy (non-hydrogen) atoms. The molecule has 0 aromatic heterocycles. The summed E-state index contributed by atoms with van der Waals surface area (Å²) in [4.78, 5) is 24.8. The summed E-state index contributed by atoms with van der Waals surface area (Å²) in [6, 6.07) is 0. The largest absolute Gasteiger partial charge is 0.493 e. The number of aliphatic hydroxyl groups excluding tert-OH is 1. The summed E-state index contributed by atoms with van der Waals surface area (Å²) in [5, 5.41) is 10.5. The lowest BCUT2D eigenvalue weighted by Crippen LogP contribution is -2.48. The number of aliphatic hydroxyl groups is 1. The fraction of sp³-hybridized carbons (Fsp3) is 0.778. The first-order valence-corrected chi connectivity index (χ1v) is 13.1. The molecule has 3 aliphatic rings. The van der Waals surface area contributed by atoms with Gasteiger partial charge in [-0.25, -0.2) is 0 Å². The van der Waals surface area contributed by atoms with Crippen LogP contribution in [-0.4, -0.2) is 61.3 Å². The third kappa shape index (κ3) is 7.54. The van der Waals surface area contributed by atoms with Crippen molar-refractivity contribution in [3.8, 4) is 0 Å². The van der Waals surface area contributed by atoms with Gasteiger partial charge < -0.3 is 28.8 Å². The van der Waals surface area contributed by atoms with Gasteiger partial charge in [-0.2, -0.15) is 0 Å². The Bertz CT molecular complexity index is 764. The molecule has 198 valence electrons. The number of unbranched alkanes of at least 4 members (excludes halogenated alkanes) is 7. The van der Waals surface area contributed by atoms with Gasteiger partial charge in [0.25, 0.3) is 5.78 Å². The molecule has 0 aromatic rings. The summed E-state index contributed by atoms with van der Waals surface area (Å²) in [6.45, 7) is 2.63. The van der Waals surface area contributed by atoms with Gasteiger partial charge in [0.2, 0.25) is 0 Å². The Hall–Kier alpha value is -1.90. The number of hydrogen-bond acceptors (Lipinski definition) is 8. The van der Waals surface area contributed by atoms with Crippen LogP contribution in [0.3, 0.4) is 0 Å². The first-order valence-electron chi connectivity index (χ1n) is 13.1. The van der Waals surface area contributed by atoms with Crippen molar-refractivity contribution in [1.29, 1.82) is 0 Å². The predicted molar refractivity (Wildman–Crippen MR) is 129 cm³/mol. The van der Waals surface area contributed by atoms with Crippen LogP contribution in [0.2, 0.25) is 0 Å². The zero-order valence-corrected chi connectivity index (χ0v) is 21.5. The van der Waals surface area contributed by atoms with E-state index in [9.17, 15) is 14.7 Å². The van der Waals surface area contributed by atoms with Crippen LogP contribution in [0.25, 0.3) is 0 Å². The van der Waals surface area contributed by atoms with E-state index in [-0.39, 0.29) is 29.7 Å². The Balaban J connectivity index is 1.47. The molecule has 2 unspecified atom stereocenters. The van der Waals surface area contributed by atoms with Gasteiger partial charge >= 0.3 is 5.97 Å². The molecule has 3 rings (SSSR count). The van der Waals surface area contributed by atoms with E-state index in [2.05, 4.69) is 6.92 Å². The van der Waals surface area contributed by atoms with Gasteiger partial charge in [0, 0.05) is 19.3 Å². The van der Waals surface area contributed by atoms with Crippen molar-refractivity contribution in [1.82, 2.24) is 0 Å². The lowest BCUT2D eigenvalue weighted by atomic mass is 9.90. The van der Waals surface area contributed by atoms with Crippen LogP contribution < -0.4 is 0 Å². The van der Waals surface area contributed by atoms with Gasteiger partial charge in [-0.1, -0.05) is 51.9 Å². The van der Waals surface area contributed by atoms with E-state index < -0.39 is 23.6 Å². The second-order valence-corrected chi connectivity index (χ2v) is 9.96. The summed E-state index contributed by atoms with van der Waals surface area (Å²) < 4.78 is 28.5. The zero-order chi connectivity index (χ0) is 25.3. The highest BCUT2D eigenvalue weighted by molar-refractivity contribution is 6.06. The molecular formula is C27H42O8. The van der Waals surface area contributed by atoms with Crippen LogP contribution in [0.5, 0.6) is 0 Å². The van der Waals surface area contributed by atoms with Gasteiger partial charge in [0.05, 0.1) is 39.5 Å². The van der Waals surface area contributed by atoms with Crippen molar-refractivity contribution in [3.05, 3.63) is 23.7 Å². The highest BCUT2D eigenvalue weighted by Gasteiger charge is 2.54.